The number of methoxy groups -OCH3 is 1. The zero-order valence-corrected chi connectivity index (χ0v) is 18.5. The summed E-state index contributed by atoms with van der Waals surface area (Å²) in [6, 6.07) is 1.74. The van der Waals surface area contributed by atoms with E-state index in [-0.39, 0.29) is 17.9 Å². The number of hydrogen-bond acceptors (Lipinski definition) is 8. The second-order valence-corrected chi connectivity index (χ2v) is 7.53. The predicted octanol–water partition coefficient (Wildman–Crippen LogP) is 1.78. The molecule has 4 heterocycles. The molecular weight excluding hydrogens is 414 g/mol. The third-order valence-electron chi connectivity index (χ3n) is 5.31. The van der Waals surface area contributed by atoms with Gasteiger partial charge in [0.05, 0.1) is 13.7 Å². The number of nitrogens with one attached hydrogen (secondary N) is 1. The Kier molecular flexibility index (Phi) is 5.89. The fourth-order valence-electron chi connectivity index (χ4n) is 3.77. The van der Waals surface area contributed by atoms with Crippen LogP contribution in [0.2, 0.25) is 0 Å². The number of rotatable bonds is 6. The van der Waals surface area contributed by atoms with Crippen molar-refractivity contribution in [3.05, 3.63) is 18.6 Å². The van der Waals surface area contributed by atoms with Gasteiger partial charge in [-0.3, -0.25) is 9.59 Å². The molecule has 0 spiro atoms. The molecule has 32 heavy (non-hydrogen) atoms. The molecule has 0 bridgehead atoms. The lowest BCUT2D eigenvalue weighted by Gasteiger charge is -2.16. The third kappa shape index (κ3) is 4.05. The topological polar surface area (TPSA) is 124 Å². The molecule has 168 valence electrons. The minimum Gasteiger partial charge on any atom is -0.480 e. The molecule has 1 unspecified atom stereocenters. The van der Waals surface area contributed by atoms with Crippen LogP contribution in [0.25, 0.3) is 22.6 Å². The highest BCUT2D eigenvalue weighted by atomic mass is 16.5. The SMILES string of the molecule is CCC(=O)N1CCC(Oc2ncnc3c2nc(-c2cnc(OC)c(NC(C)=O)c2)n3C)C1. The van der Waals surface area contributed by atoms with E-state index in [0.717, 1.165) is 6.42 Å². The van der Waals surface area contributed by atoms with Crippen LogP contribution in [-0.4, -0.2) is 67.5 Å². The third-order valence-corrected chi connectivity index (χ3v) is 5.31. The number of carbonyl (C=O) groups is 2. The van der Waals surface area contributed by atoms with Gasteiger partial charge in [-0.2, -0.15) is 4.98 Å². The van der Waals surface area contributed by atoms with E-state index in [1.165, 1.54) is 20.4 Å². The Balaban J connectivity index is 1.67. The number of pyridine rings is 1. The van der Waals surface area contributed by atoms with Crippen molar-refractivity contribution in [3.8, 4) is 23.1 Å². The fraction of sp³-hybridized carbons (Fsp3) is 0.429. The smallest absolute Gasteiger partial charge is 0.245 e. The zero-order valence-electron chi connectivity index (χ0n) is 18.5. The molecule has 0 aliphatic carbocycles. The predicted molar refractivity (Wildman–Crippen MR) is 116 cm³/mol. The Morgan fingerprint density at radius 3 is 2.78 bits per heavy atom. The average molecular weight is 439 g/mol. The molecule has 0 saturated carbocycles. The number of hydrogen-bond donors (Lipinski definition) is 1. The van der Waals surface area contributed by atoms with Gasteiger partial charge in [0.1, 0.15) is 23.9 Å². The maximum absolute atomic E-state index is 12.0. The van der Waals surface area contributed by atoms with Crippen molar-refractivity contribution in [1.82, 2.24) is 29.4 Å². The van der Waals surface area contributed by atoms with E-state index in [2.05, 4.69) is 20.3 Å². The molecule has 1 aliphatic rings. The number of nitrogens with zero attached hydrogens (tertiary/aromatic N) is 6. The maximum atomic E-state index is 12.0. The maximum Gasteiger partial charge on any atom is 0.245 e. The lowest BCUT2D eigenvalue weighted by Crippen LogP contribution is -2.30. The normalized spacial score (nSPS) is 15.8. The minimum absolute atomic E-state index is 0.117. The molecule has 3 aromatic rings. The first kappa shape index (κ1) is 21.5. The van der Waals surface area contributed by atoms with Gasteiger partial charge in [0, 0.05) is 45.1 Å². The lowest BCUT2D eigenvalue weighted by atomic mass is 10.2. The Morgan fingerprint density at radius 2 is 2.06 bits per heavy atom. The molecule has 1 saturated heterocycles. The van der Waals surface area contributed by atoms with Crippen LogP contribution in [0.5, 0.6) is 11.8 Å². The van der Waals surface area contributed by atoms with E-state index < -0.39 is 0 Å². The Hall–Kier alpha value is -3.76. The first-order valence-electron chi connectivity index (χ1n) is 10.3. The number of carbonyl (C=O) groups excluding carboxylic acids is 2. The molecule has 1 atom stereocenters. The van der Waals surface area contributed by atoms with Crippen molar-refractivity contribution in [2.24, 2.45) is 7.05 Å². The Morgan fingerprint density at radius 1 is 1.25 bits per heavy atom. The van der Waals surface area contributed by atoms with Crippen LogP contribution >= 0.6 is 0 Å². The van der Waals surface area contributed by atoms with Gasteiger partial charge in [0.2, 0.25) is 23.6 Å². The van der Waals surface area contributed by atoms with Crippen LogP contribution in [-0.2, 0) is 16.6 Å². The monoisotopic (exact) mass is 439 g/mol. The molecule has 3 aromatic heterocycles. The molecular formula is C21H25N7O4. The van der Waals surface area contributed by atoms with E-state index in [4.69, 9.17) is 14.5 Å². The van der Waals surface area contributed by atoms with Gasteiger partial charge in [-0.25, -0.2) is 15.0 Å². The molecule has 0 radical (unpaired) electrons. The van der Waals surface area contributed by atoms with E-state index in [9.17, 15) is 9.59 Å². The van der Waals surface area contributed by atoms with Crippen molar-refractivity contribution >= 4 is 28.7 Å². The van der Waals surface area contributed by atoms with Crippen molar-refractivity contribution in [2.75, 3.05) is 25.5 Å². The zero-order chi connectivity index (χ0) is 22.8. The summed E-state index contributed by atoms with van der Waals surface area (Å²) in [4.78, 5) is 43.0. The van der Waals surface area contributed by atoms with Gasteiger partial charge >= 0.3 is 0 Å². The summed E-state index contributed by atoms with van der Waals surface area (Å²) in [5.41, 5.74) is 2.23. The number of likely N-dealkylation sites (tertiary alicyclic amines) is 1. The molecule has 1 fully saturated rings. The van der Waals surface area contributed by atoms with Gasteiger partial charge in [0.15, 0.2) is 11.2 Å². The van der Waals surface area contributed by atoms with Crippen LogP contribution in [0.4, 0.5) is 5.69 Å². The summed E-state index contributed by atoms with van der Waals surface area (Å²) >= 11 is 0. The molecule has 2 amide bonds. The first-order chi connectivity index (χ1) is 15.4. The van der Waals surface area contributed by atoms with Crippen LogP contribution in [0.15, 0.2) is 18.6 Å². The summed E-state index contributed by atoms with van der Waals surface area (Å²) in [6.45, 7) is 4.46. The largest absolute Gasteiger partial charge is 0.480 e. The van der Waals surface area contributed by atoms with Crippen molar-refractivity contribution in [1.29, 1.82) is 0 Å². The highest BCUT2D eigenvalue weighted by Crippen LogP contribution is 2.31. The number of aromatic nitrogens is 5. The van der Waals surface area contributed by atoms with Gasteiger partial charge < -0.3 is 24.3 Å². The van der Waals surface area contributed by atoms with E-state index >= 15 is 0 Å². The van der Waals surface area contributed by atoms with Crippen molar-refractivity contribution < 1.29 is 19.1 Å². The van der Waals surface area contributed by atoms with Gasteiger partial charge in [0.25, 0.3) is 0 Å². The molecule has 4 rings (SSSR count). The average Bonchev–Trinajstić information content (AvgIpc) is 3.38. The van der Waals surface area contributed by atoms with Crippen molar-refractivity contribution in [3.63, 3.8) is 0 Å². The van der Waals surface area contributed by atoms with E-state index in [1.807, 2.05) is 18.5 Å². The number of ether oxygens (including phenoxy) is 2. The second kappa shape index (κ2) is 8.77. The lowest BCUT2D eigenvalue weighted by molar-refractivity contribution is -0.130. The van der Waals surface area contributed by atoms with Crippen LogP contribution in [0, 0.1) is 0 Å². The standard InChI is InChI=1S/C21H25N7O4/c1-5-16(30)28-7-6-14(10-28)32-21-17-19(23-11-24-21)27(3)18(26-17)13-8-15(25-12(2)29)20(31-4)22-9-13/h8-9,11,14H,5-7,10H2,1-4H3,(H,25,29). The molecule has 1 N–H and O–H groups in total. The summed E-state index contributed by atoms with van der Waals surface area (Å²) in [5, 5.41) is 2.72. The molecule has 0 aromatic carbocycles. The highest BCUT2D eigenvalue weighted by Gasteiger charge is 2.28. The van der Waals surface area contributed by atoms with Gasteiger partial charge in [-0.05, 0) is 6.07 Å². The number of imidazole rings is 1. The van der Waals surface area contributed by atoms with Gasteiger partial charge in [-0.1, -0.05) is 6.92 Å². The van der Waals surface area contributed by atoms with E-state index in [0.29, 0.717) is 59.5 Å². The van der Waals surface area contributed by atoms with Crippen LogP contribution in [0.1, 0.15) is 26.7 Å². The minimum atomic E-state index is -0.235. The van der Waals surface area contributed by atoms with Crippen LogP contribution in [0.3, 0.4) is 0 Å². The Labute approximate surface area is 184 Å². The molecule has 11 heteroatoms. The number of anilines is 1. The molecule has 11 nitrogen and oxygen atoms in total. The Bertz CT molecular complexity index is 1180. The van der Waals surface area contributed by atoms with Crippen molar-refractivity contribution in [2.45, 2.75) is 32.8 Å². The van der Waals surface area contributed by atoms with Gasteiger partial charge in [-0.15, -0.1) is 0 Å². The number of amides is 2. The summed E-state index contributed by atoms with van der Waals surface area (Å²) in [5.74, 6) is 1.14. The summed E-state index contributed by atoms with van der Waals surface area (Å²) in [6.07, 6.45) is 4.11. The first-order valence-corrected chi connectivity index (χ1v) is 10.3. The van der Waals surface area contributed by atoms with Crippen LogP contribution < -0.4 is 14.8 Å². The quantitative estimate of drug-likeness (QED) is 0.616. The fourth-order valence-corrected chi connectivity index (χ4v) is 3.77. The molecule has 1 aliphatic heterocycles. The number of aryl methyl sites for hydroxylation is 1. The number of fused-ring (bicyclic) bond motifs is 1. The summed E-state index contributed by atoms with van der Waals surface area (Å²) in [7, 11) is 3.32. The summed E-state index contributed by atoms with van der Waals surface area (Å²) < 4.78 is 13.2. The second-order valence-electron chi connectivity index (χ2n) is 7.53. The van der Waals surface area contributed by atoms with E-state index in [1.54, 1.807) is 17.2 Å². The highest BCUT2D eigenvalue weighted by molar-refractivity contribution is 5.91.